The quantitative estimate of drug-likeness (QED) is 0.229. The SMILES string of the molecule is O=C1CCN(c2ccc(CN3CCN(C4CCN(c5ccc6c(c5)C(=O)N(C(C(=O)Nc5nccs5)c5cc(F)ccc5O)C6)CC4)CC3)nc2)C(=O)N1. The second-order valence-electron chi connectivity index (χ2n) is 14.0. The van der Waals surface area contributed by atoms with Crippen molar-refractivity contribution in [3.05, 3.63) is 94.5 Å². The zero-order chi connectivity index (χ0) is 37.3. The largest absolute Gasteiger partial charge is 0.508 e. The highest BCUT2D eigenvalue weighted by molar-refractivity contribution is 7.13. The molecular weight excluding hydrogens is 714 g/mol. The van der Waals surface area contributed by atoms with Gasteiger partial charge in [-0.25, -0.2) is 14.2 Å². The lowest BCUT2D eigenvalue weighted by atomic mass is 10.0. The molecule has 1 unspecified atom stereocenters. The summed E-state index contributed by atoms with van der Waals surface area (Å²) in [5.74, 6) is -2.12. The van der Waals surface area contributed by atoms with E-state index in [1.54, 1.807) is 17.8 Å². The number of thiazole rings is 1. The van der Waals surface area contributed by atoms with Crippen LogP contribution < -0.4 is 20.4 Å². The van der Waals surface area contributed by atoms with Crippen molar-refractivity contribution in [1.82, 2.24) is 30.0 Å². The first-order chi connectivity index (χ1) is 26.2. The Bertz CT molecular complexity index is 2050. The highest BCUT2D eigenvalue weighted by atomic mass is 32.1. The average Bonchev–Trinajstić information content (AvgIpc) is 3.81. The zero-order valence-electron chi connectivity index (χ0n) is 29.5. The number of aromatic hydroxyl groups is 1. The second kappa shape index (κ2) is 15.1. The number of imide groups is 1. The van der Waals surface area contributed by atoms with Gasteiger partial charge in [-0.2, -0.15) is 0 Å². The number of nitrogens with zero attached hydrogens (tertiary/aromatic N) is 7. The Morgan fingerprint density at radius 1 is 0.963 bits per heavy atom. The lowest BCUT2D eigenvalue weighted by Crippen LogP contribution is -2.53. The minimum Gasteiger partial charge on any atom is -0.508 e. The van der Waals surface area contributed by atoms with Gasteiger partial charge in [0.25, 0.3) is 11.8 Å². The number of hydrogen-bond acceptors (Lipinski definition) is 11. The topological polar surface area (TPSA) is 155 Å². The molecule has 8 rings (SSSR count). The fourth-order valence-electron chi connectivity index (χ4n) is 7.86. The van der Waals surface area contributed by atoms with Gasteiger partial charge in [0.15, 0.2) is 5.13 Å². The van der Waals surface area contributed by atoms with Crippen LogP contribution in [0, 0.1) is 5.82 Å². The van der Waals surface area contributed by atoms with Crippen molar-refractivity contribution in [2.24, 2.45) is 0 Å². The number of pyridine rings is 1. The molecule has 0 aliphatic carbocycles. The van der Waals surface area contributed by atoms with Crippen LogP contribution in [0.2, 0.25) is 0 Å². The third kappa shape index (κ3) is 7.36. The molecule has 2 aromatic carbocycles. The number of benzene rings is 2. The van der Waals surface area contributed by atoms with Crippen LogP contribution >= 0.6 is 11.3 Å². The van der Waals surface area contributed by atoms with Gasteiger partial charge in [0, 0.05) is 99.8 Å². The number of hydrogen-bond donors (Lipinski definition) is 3. The lowest BCUT2D eigenvalue weighted by Gasteiger charge is -2.43. The average molecular weight is 754 g/mol. The van der Waals surface area contributed by atoms with E-state index in [0.29, 0.717) is 29.0 Å². The minimum atomic E-state index is -1.27. The van der Waals surface area contributed by atoms with Gasteiger partial charge >= 0.3 is 6.03 Å². The first-order valence-corrected chi connectivity index (χ1v) is 19.0. The molecule has 4 aromatic rings. The van der Waals surface area contributed by atoms with E-state index in [1.807, 2.05) is 30.3 Å². The number of fused-ring (bicyclic) bond motifs is 1. The van der Waals surface area contributed by atoms with Crippen molar-refractivity contribution < 1.29 is 28.7 Å². The lowest BCUT2D eigenvalue weighted by molar-refractivity contribution is -0.121. The molecule has 0 spiro atoms. The van der Waals surface area contributed by atoms with Gasteiger partial charge in [0.05, 0.1) is 17.6 Å². The van der Waals surface area contributed by atoms with E-state index in [2.05, 4.69) is 35.3 Å². The number of phenolic OH excluding ortho intramolecular Hbond substituents is 1. The Labute approximate surface area is 315 Å². The minimum absolute atomic E-state index is 0.00376. The van der Waals surface area contributed by atoms with E-state index in [-0.39, 0.29) is 36.1 Å². The van der Waals surface area contributed by atoms with Crippen LogP contribution in [0.4, 0.5) is 25.7 Å². The number of phenols is 1. The van der Waals surface area contributed by atoms with Crippen molar-refractivity contribution in [3.63, 3.8) is 0 Å². The fraction of sp³-hybridized carbons (Fsp3) is 0.368. The van der Waals surface area contributed by atoms with Gasteiger partial charge in [0.2, 0.25) is 5.91 Å². The fourth-order valence-corrected chi connectivity index (χ4v) is 8.39. The summed E-state index contributed by atoms with van der Waals surface area (Å²) in [5, 5.41) is 17.8. The summed E-state index contributed by atoms with van der Waals surface area (Å²) < 4.78 is 14.4. The van der Waals surface area contributed by atoms with Gasteiger partial charge in [0.1, 0.15) is 17.6 Å². The van der Waals surface area contributed by atoms with E-state index in [0.717, 1.165) is 87.7 Å². The normalized spacial score (nSPS) is 19.2. The van der Waals surface area contributed by atoms with E-state index in [1.165, 1.54) is 27.2 Å². The van der Waals surface area contributed by atoms with E-state index in [4.69, 9.17) is 0 Å². The first kappa shape index (κ1) is 35.6. The highest BCUT2D eigenvalue weighted by Gasteiger charge is 2.40. The van der Waals surface area contributed by atoms with E-state index >= 15 is 0 Å². The molecule has 0 saturated carbocycles. The molecule has 6 heterocycles. The standard InChI is InChI=1S/C38H40FN9O5S/c39-25-2-6-32(49)31(19-25)34(35(51)43-37-40-10-18-54-37)48-22-24-1-4-28(20-30(24)36(48)52)45-11-7-27(8-12-45)46-16-14-44(15-17-46)23-26-3-5-29(21-41-26)47-13-9-33(50)42-38(47)53/h1-6,10,18-21,27,34,49H,7-9,11-17,22-23H2,(H,40,43,51)(H,42,50,53). The molecule has 0 radical (unpaired) electrons. The first-order valence-electron chi connectivity index (χ1n) is 18.1. The van der Waals surface area contributed by atoms with Crippen LogP contribution in [0.1, 0.15) is 52.5 Å². The summed E-state index contributed by atoms with van der Waals surface area (Å²) in [6, 6.07) is 11.8. The third-order valence-electron chi connectivity index (χ3n) is 10.7. The number of carbonyl (C=O) groups is 4. The van der Waals surface area contributed by atoms with E-state index < -0.39 is 23.8 Å². The zero-order valence-corrected chi connectivity index (χ0v) is 30.3. The van der Waals surface area contributed by atoms with E-state index in [9.17, 15) is 28.7 Å². The molecule has 4 aliphatic rings. The number of halogens is 1. The maximum absolute atomic E-state index is 14.4. The molecule has 16 heteroatoms. The van der Waals surface area contributed by atoms with Gasteiger partial charge in [-0.15, -0.1) is 11.3 Å². The number of amides is 5. The summed E-state index contributed by atoms with van der Waals surface area (Å²) in [7, 11) is 0. The molecular formula is C38H40FN9O5S. The maximum atomic E-state index is 14.4. The molecule has 3 fully saturated rings. The van der Waals surface area contributed by atoms with Crippen molar-refractivity contribution in [2.75, 3.05) is 60.9 Å². The molecule has 2 aromatic heterocycles. The van der Waals surface area contributed by atoms with Crippen molar-refractivity contribution in [2.45, 2.75) is 44.4 Å². The number of anilines is 3. The number of rotatable bonds is 9. The molecule has 0 bridgehead atoms. The summed E-state index contributed by atoms with van der Waals surface area (Å²) in [6.45, 7) is 6.69. The smallest absolute Gasteiger partial charge is 0.328 e. The Hall–Kier alpha value is -5.45. The molecule has 14 nitrogen and oxygen atoms in total. The molecule has 4 aliphatic heterocycles. The molecule has 1 atom stereocenters. The number of piperidine rings is 1. The predicted molar refractivity (Wildman–Crippen MR) is 200 cm³/mol. The van der Waals surface area contributed by atoms with Crippen LogP contribution in [0.5, 0.6) is 5.75 Å². The summed E-state index contributed by atoms with van der Waals surface area (Å²) in [6.07, 6.45) is 5.50. The van der Waals surface area contributed by atoms with Gasteiger partial charge in [-0.3, -0.25) is 44.7 Å². The van der Waals surface area contributed by atoms with Gasteiger partial charge in [-0.05, 0) is 60.9 Å². The molecule has 280 valence electrons. The molecule has 3 saturated heterocycles. The highest BCUT2D eigenvalue weighted by Crippen LogP contribution is 2.38. The monoisotopic (exact) mass is 753 g/mol. The molecule has 54 heavy (non-hydrogen) atoms. The Morgan fingerprint density at radius 3 is 2.48 bits per heavy atom. The molecule has 5 amide bonds. The van der Waals surface area contributed by atoms with Crippen LogP contribution in [0.15, 0.2) is 66.3 Å². The maximum Gasteiger partial charge on any atom is 0.328 e. The van der Waals surface area contributed by atoms with Crippen molar-refractivity contribution in [3.8, 4) is 5.75 Å². The Morgan fingerprint density at radius 2 is 1.76 bits per heavy atom. The van der Waals surface area contributed by atoms with Gasteiger partial charge in [-0.1, -0.05) is 6.07 Å². The van der Waals surface area contributed by atoms with Crippen LogP contribution in [0.3, 0.4) is 0 Å². The van der Waals surface area contributed by atoms with Crippen LogP contribution in [-0.2, 0) is 22.7 Å². The second-order valence-corrected chi connectivity index (χ2v) is 14.9. The summed E-state index contributed by atoms with van der Waals surface area (Å²) >= 11 is 1.22. The van der Waals surface area contributed by atoms with Crippen molar-refractivity contribution >= 4 is 51.6 Å². The Balaban J connectivity index is 0.858. The predicted octanol–water partition coefficient (Wildman–Crippen LogP) is 3.95. The Kier molecular flexibility index (Phi) is 9.96. The summed E-state index contributed by atoms with van der Waals surface area (Å²) in [5.41, 5.74) is 3.81. The number of aromatic nitrogens is 2. The van der Waals surface area contributed by atoms with Crippen molar-refractivity contribution in [1.29, 1.82) is 0 Å². The number of piperazine rings is 1. The number of urea groups is 1. The summed E-state index contributed by atoms with van der Waals surface area (Å²) in [4.78, 5) is 70.1. The third-order valence-corrected chi connectivity index (χ3v) is 11.4. The number of nitrogens with one attached hydrogen (secondary N) is 2. The van der Waals surface area contributed by atoms with Crippen LogP contribution in [0.25, 0.3) is 0 Å². The number of carbonyl (C=O) groups excluding carboxylic acids is 4. The molecule has 3 N–H and O–H groups in total. The van der Waals surface area contributed by atoms with Crippen LogP contribution in [-0.4, -0.2) is 105 Å². The van der Waals surface area contributed by atoms with Gasteiger partial charge < -0.3 is 14.9 Å².